The summed E-state index contributed by atoms with van der Waals surface area (Å²) in [4.78, 5) is 11.0. The van der Waals surface area contributed by atoms with Crippen molar-refractivity contribution >= 4 is 33.2 Å². The van der Waals surface area contributed by atoms with Gasteiger partial charge in [0.1, 0.15) is 0 Å². The Morgan fingerprint density at radius 3 is 2.84 bits per heavy atom. The quantitative estimate of drug-likeness (QED) is 0.901. The third-order valence-corrected chi connectivity index (χ3v) is 4.29. The van der Waals surface area contributed by atoms with E-state index in [4.69, 9.17) is 5.11 Å². The van der Waals surface area contributed by atoms with Gasteiger partial charge in [0.25, 0.3) is 0 Å². The van der Waals surface area contributed by atoms with E-state index in [1.165, 1.54) is 11.3 Å². The Morgan fingerprint density at radius 1 is 1.58 bits per heavy atom. The Balaban J connectivity index is 2.39. The Labute approximate surface area is 122 Å². The molecule has 19 heavy (non-hydrogen) atoms. The molecule has 0 aliphatic rings. The highest BCUT2D eigenvalue weighted by Crippen LogP contribution is 2.30. The minimum atomic E-state index is -0.855. The second kappa shape index (κ2) is 5.79. The van der Waals surface area contributed by atoms with Crippen LogP contribution in [0.25, 0.3) is 11.4 Å². The van der Waals surface area contributed by atoms with E-state index in [0.717, 1.165) is 9.35 Å². The zero-order valence-corrected chi connectivity index (χ0v) is 12.8. The number of aromatic nitrogens is 4. The van der Waals surface area contributed by atoms with Crippen LogP contribution < -0.4 is 0 Å². The standard InChI is InChI=1S/C11H13BrN4O2S/c1-6(2)8(4-10(17)18)16-11(13-14-15-16)7-3-9(12)19-5-7/h3,5-6,8H,4H2,1-2H3,(H,17,18). The number of carboxylic acid groups (broad SMARTS) is 1. The Morgan fingerprint density at radius 2 is 2.32 bits per heavy atom. The van der Waals surface area contributed by atoms with Gasteiger partial charge in [-0.15, -0.1) is 16.4 Å². The molecule has 0 aromatic carbocycles. The van der Waals surface area contributed by atoms with Crippen LogP contribution in [0.1, 0.15) is 26.3 Å². The van der Waals surface area contributed by atoms with Crippen molar-refractivity contribution in [2.24, 2.45) is 5.92 Å². The highest BCUT2D eigenvalue weighted by atomic mass is 79.9. The van der Waals surface area contributed by atoms with E-state index < -0.39 is 5.97 Å². The Kier molecular flexibility index (Phi) is 4.31. The molecule has 0 aliphatic carbocycles. The maximum absolute atomic E-state index is 11.0. The van der Waals surface area contributed by atoms with Crippen molar-refractivity contribution in [2.45, 2.75) is 26.3 Å². The van der Waals surface area contributed by atoms with Crippen LogP contribution in [0.4, 0.5) is 0 Å². The average Bonchev–Trinajstić information content (AvgIpc) is 2.93. The molecule has 0 aliphatic heterocycles. The number of halogens is 1. The van der Waals surface area contributed by atoms with E-state index in [9.17, 15) is 4.79 Å². The Bertz CT molecular complexity index is 581. The lowest BCUT2D eigenvalue weighted by atomic mass is 10.0. The fourth-order valence-electron chi connectivity index (χ4n) is 1.82. The van der Waals surface area contributed by atoms with Gasteiger partial charge in [-0.3, -0.25) is 4.79 Å². The third kappa shape index (κ3) is 3.19. The molecular weight excluding hydrogens is 332 g/mol. The second-order valence-corrected chi connectivity index (χ2v) is 6.79. The molecule has 8 heteroatoms. The summed E-state index contributed by atoms with van der Waals surface area (Å²) >= 11 is 4.93. The Hall–Kier alpha value is -1.28. The molecule has 1 N–H and O–H groups in total. The lowest BCUT2D eigenvalue weighted by Gasteiger charge is -2.19. The maximum atomic E-state index is 11.0. The van der Waals surface area contributed by atoms with Gasteiger partial charge in [-0.2, -0.15) is 0 Å². The first-order chi connectivity index (χ1) is 8.99. The third-order valence-electron chi connectivity index (χ3n) is 2.79. The molecule has 1 unspecified atom stereocenters. The van der Waals surface area contributed by atoms with Crippen LogP contribution in [0.2, 0.25) is 0 Å². The van der Waals surface area contributed by atoms with E-state index >= 15 is 0 Å². The molecule has 0 spiro atoms. The number of thiophene rings is 1. The first kappa shape index (κ1) is 14.1. The zero-order chi connectivity index (χ0) is 14.0. The van der Waals surface area contributed by atoms with Crippen molar-refractivity contribution in [1.29, 1.82) is 0 Å². The number of hydrogen-bond acceptors (Lipinski definition) is 5. The van der Waals surface area contributed by atoms with Gasteiger partial charge in [0.15, 0.2) is 5.82 Å². The summed E-state index contributed by atoms with van der Waals surface area (Å²) in [5.74, 6) is -0.131. The number of aliphatic carboxylic acids is 1. The number of carbonyl (C=O) groups is 1. The number of rotatable bonds is 5. The van der Waals surface area contributed by atoms with Gasteiger partial charge in [0, 0.05) is 10.9 Å². The molecule has 2 rings (SSSR count). The van der Waals surface area contributed by atoms with Crippen molar-refractivity contribution in [3.63, 3.8) is 0 Å². The van der Waals surface area contributed by atoms with Gasteiger partial charge >= 0.3 is 5.97 Å². The number of tetrazole rings is 1. The summed E-state index contributed by atoms with van der Waals surface area (Å²) in [6.07, 6.45) is 0.00101. The summed E-state index contributed by atoms with van der Waals surface area (Å²) in [7, 11) is 0. The van der Waals surface area contributed by atoms with Gasteiger partial charge in [0.05, 0.1) is 16.2 Å². The summed E-state index contributed by atoms with van der Waals surface area (Å²) in [5, 5.41) is 22.6. The first-order valence-corrected chi connectivity index (χ1v) is 7.40. The van der Waals surface area contributed by atoms with E-state index in [-0.39, 0.29) is 18.4 Å². The van der Waals surface area contributed by atoms with Gasteiger partial charge < -0.3 is 5.11 Å². The molecule has 0 saturated heterocycles. The van der Waals surface area contributed by atoms with E-state index in [1.807, 2.05) is 25.3 Å². The summed E-state index contributed by atoms with van der Waals surface area (Å²) in [5.41, 5.74) is 0.887. The van der Waals surface area contributed by atoms with Gasteiger partial charge in [-0.1, -0.05) is 13.8 Å². The minimum absolute atomic E-state index is 0.00101. The predicted molar refractivity (Wildman–Crippen MR) is 75.0 cm³/mol. The minimum Gasteiger partial charge on any atom is -0.481 e. The monoisotopic (exact) mass is 344 g/mol. The van der Waals surface area contributed by atoms with Crippen LogP contribution in [0, 0.1) is 5.92 Å². The maximum Gasteiger partial charge on any atom is 0.305 e. The number of carboxylic acids is 1. The molecule has 6 nitrogen and oxygen atoms in total. The average molecular weight is 345 g/mol. The highest BCUT2D eigenvalue weighted by Gasteiger charge is 2.24. The van der Waals surface area contributed by atoms with Crippen molar-refractivity contribution in [3.8, 4) is 11.4 Å². The molecule has 0 saturated carbocycles. The van der Waals surface area contributed by atoms with Crippen LogP contribution in [0.15, 0.2) is 15.2 Å². The molecule has 0 radical (unpaired) electrons. The number of nitrogens with zero attached hydrogens (tertiary/aromatic N) is 4. The van der Waals surface area contributed by atoms with Crippen molar-refractivity contribution in [1.82, 2.24) is 20.2 Å². The molecular formula is C11H13BrN4O2S. The smallest absolute Gasteiger partial charge is 0.305 e. The fraction of sp³-hybridized carbons (Fsp3) is 0.455. The molecule has 102 valence electrons. The second-order valence-electron chi connectivity index (χ2n) is 4.50. The van der Waals surface area contributed by atoms with Crippen LogP contribution >= 0.6 is 27.3 Å². The molecule has 1 atom stereocenters. The topological polar surface area (TPSA) is 80.9 Å². The summed E-state index contributed by atoms with van der Waals surface area (Å²) in [6, 6.07) is 1.66. The fourth-order valence-corrected chi connectivity index (χ4v) is 2.95. The van der Waals surface area contributed by atoms with E-state index in [0.29, 0.717) is 5.82 Å². The largest absolute Gasteiger partial charge is 0.481 e. The van der Waals surface area contributed by atoms with Gasteiger partial charge in [-0.05, 0) is 38.3 Å². The first-order valence-electron chi connectivity index (χ1n) is 5.73. The van der Waals surface area contributed by atoms with E-state index in [2.05, 4.69) is 31.5 Å². The summed E-state index contributed by atoms with van der Waals surface area (Å²) < 4.78 is 2.59. The van der Waals surface area contributed by atoms with E-state index in [1.54, 1.807) is 4.68 Å². The molecule has 0 amide bonds. The van der Waals surface area contributed by atoms with Gasteiger partial charge in [0.2, 0.25) is 0 Å². The van der Waals surface area contributed by atoms with Crippen molar-refractivity contribution < 1.29 is 9.90 Å². The SMILES string of the molecule is CC(C)C(CC(=O)O)n1nnnc1-c1csc(Br)c1. The molecule has 0 fully saturated rings. The molecule has 2 aromatic rings. The summed E-state index contributed by atoms with van der Waals surface area (Å²) in [6.45, 7) is 3.92. The zero-order valence-electron chi connectivity index (χ0n) is 10.4. The van der Waals surface area contributed by atoms with Crippen molar-refractivity contribution in [2.75, 3.05) is 0 Å². The van der Waals surface area contributed by atoms with Crippen LogP contribution in [0.5, 0.6) is 0 Å². The normalized spacial score (nSPS) is 12.8. The molecule has 2 aromatic heterocycles. The lowest BCUT2D eigenvalue weighted by Crippen LogP contribution is -2.21. The highest BCUT2D eigenvalue weighted by molar-refractivity contribution is 9.11. The predicted octanol–water partition coefficient (Wildman–Crippen LogP) is 2.84. The number of hydrogen-bond donors (Lipinski definition) is 1. The van der Waals surface area contributed by atoms with Gasteiger partial charge in [-0.25, -0.2) is 4.68 Å². The van der Waals surface area contributed by atoms with Crippen molar-refractivity contribution in [3.05, 3.63) is 15.2 Å². The van der Waals surface area contributed by atoms with Crippen LogP contribution in [-0.2, 0) is 4.79 Å². The molecule has 2 heterocycles. The lowest BCUT2D eigenvalue weighted by molar-refractivity contribution is -0.138. The molecule has 0 bridgehead atoms. The van der Waals surface area contributed by atoms with Crippen LogP contribution in [-0.4, -0.2) is 31.3 Å². The van der Waals surface area contributed by atoms with Crippen LogP contribution in [0.3, 0.4) is 0 Å².